The minimum atomic E-state index is -0.324. The van der Waals surface area contributed by atoms with E-state index in [4.69, 9.17) is 14.9 Å². The van der Waals surface area contributed by atoms with Crippen LogP contribution in [0.15, 0.2) is 28.8 Å². The average Bonchev–Trinajstić information content (AvgIpc) is 2.79. The van der Waals surface area contributed by atoms with E-state index >= 15 is 0 Å². The first-order chi connectivity index (χ1) is 8.22. The van der Waals surface area contributed by atoms with Gasteiger partial charge in [0, 0.05) is 12.5 Å². The van der Waals surface area contributed by atoms with Crippen LogP contribution in [0.25, 0.3) is 0 Å². The van der Waals surface area contributed by atoms with E-state index in [1.807, 2.05) is 0 Å². The first-order valence-corrected chi connectivity index (χ1v) is 5.19. The molecule has 1 heterocycles. The van der Waals surface area contributed by atoms with E-state index in [0.717, 1.165) is 0 Å². The highest BCUT2D eigenvalue weighted by Gasteiger charge is 2.08. The number of halogens is 1. The summed E-state index contributed by atoms with van der Waals surface area (Å²) in [4.78, 5) is 3.96. The molecule has 0 atom stereocenters. The van der Waals surface area contributed by atoms with E-state index in [-0.39, 0.29) is 12.4 Å². The third kappa shape index (κ3) is 2.62. The Balaban J connectivity index is 2.18. The Morgan fingerprint density at radius 3 is 2.88 bits per heavy atom. The van der Waals surface area contributed by atoms with Gasteiger partial charge in [-0.15, -0.1) is 0 Å². The molecule has 90 valence electrons. The number of aromatic nitrogens is 1. The molecule has 2 N–H and O–H groups in total. The zero-order valence-electron chi connectivity index (χ0n) is 9.44. The molecule has 1 aromatic carbocycles. The number of nitrogens with zero attached hydrogens (tertiary/aromatic N) is 1. The van der Waals surface area contributed by atoms with Gasteiger partial charge in [0.15, 0.2) is 0 Å². The van der Waals surface area contributed by atoms with E-state index in [9.17, 15) is 4.39 Å². The van der Waals surface area contributed by atoms with Crippen LogP contribution in [0.2, 0.25) is 0 Å². The smallest absolute Gasteiger partial charge is 0.208 e. The zero-order chi connectivity index (χ0) is 12.3. The van der Waals surface area contributed by atoms with Crippen molar-refractivity contribution in [2.75, 3.05) is 7.11 Å². The Morgan fingerprint density at radius 2 is 2.29 bits per heavy atom. The second-order valence-electron chi connectivity index (χ2n) is 3.56. The Bertz CT molecular complexity index is 511. The standard InChI is InChI=1S/C12H13FN2O2/c1-16-9-3-2-8(11(13)5-9)4-10-7-15-12(6-14)17-10/h2-3,5,7H,4,6,14H2,1H3. The van der Waals surface area contributed by atoms with Crippen molar-refractivity contribution in [3.63, 3.8) is 0 Å². The second kappa shape index (κ2) is 4.97. The van der Waals surface area contributed by atoms with Crippen LogP contribution in [0.5, 0.6) is 5.75 Å². The number of rotatable bonds is 4. The van der Waals surface area contributed by atoms with Crippen molar-refractivity contribution in [2.45, 2.75) is 13.0 Å². The molecule has 4 nitrogen and oxygen atoms in total. The SMILES string of the molecule is COc1ccc(Cc2cnc(CN)o2)c(F)c1. The van der Waals surface area contributed by atoms with Crippen molar-refractivity contribution in [2.24, 2.45) is 5.73 Å². The molecular weight excluding hydrogens is 223 g/mol. The van der Waals surface area contributed by atoms with Gasteiger partial charge in [-0.25, -0.2) is 9.37 Å². The molecule has 0 saturated carbocycles. The molecule has 0 amide bonds. The number of hydrogen-bond acceptors (Lipinski definition) is 4. The molecule has 0 bridgehead atoms. The fourth-order valence-corrected chi connectivity index (χ4v) is 1.51. The van der Waals surface area contributed by atoms with Crippen LogP contribution >= 0.6 is 0 Å². The largest absolute Gasteiger partial charge is 0.497 e. The number of oxazole rings is 1. The first kappa shape index (κ1) is 11.6. The number of hydrogen-bond donors (Lipinski definition) is 1. The zero-order valence-corrected chi connectivity index (χ0v) is 9.44. The van der Waals surface area contributed by atoms with E-state index < -0.39 is 0 Å². The molecule has 0 aliphatic carbocycles. The summed E-state index contributed by atoms with van der Waals surface area (Å²) in [6.45, 7) is 0.241. The lowest BCUT2D eigenvalue weighted by Crippen LogP contribution is -1.95. The van der Waals surface area contributed by atoms with Crippen LogP contribution in [0.3, 0.4) is 0 Å². The quantitative estimate of drug-likeness (QED) is 0.880. The minimum Gasteiger partial charge on any atom is -0.497 e. The summed E-state index contributed by atoms with van der Waals surface area (Å²) < 4.78 is 23.9. The van der Waals surface area contributed by atoms with Crippen molar-refractivity contribution in [3.05, 3.63) is 47.4 Å². The van der Waals surface area contributed by atoms with Crippen molar-refractivity contribution in [3.8, 4) is 5.75 Å². The van der Waals surface area contributed by atoms with E-state index in [0.29, 0.717) is 29.4 Å². The molecule has 5 heteroatoms. The molecule has 0 saturated heterocycles. The molecule has 0 aliphatic heterocycles. The van der Waals surface area contributed by atoms with E-state index in [1.54, 1.807) is 18.3 Å². The van der Waals surface area contributed by atoms with Gasteiger partial charge in [0.2, 0.25) is 5.89 Å². The van der Waals surface area contributed by atoms with Crippen molar-refractivity contribution < 1.29 is 13.5 Å². The molecular formula is C12H13FN2O2. The highest BCUT2D eigenvalue weighted by molar-refractivity contribution is 5.30. The lowest BCUT2D eigenvalue weighted by Gasteiger charge is -2.03. The van der Waals surface area contributed by atoms with Crippen LogP contribution in [-0.4, -0.2) is 12.1 Å². The van der Waals surface area contributed by atoms with Gasteiger partial charge in [-0.05, 0) is 11.6 Å². The van der Waals surface area contributed by atoms with Crippen molar-refractivity contribution >= 4 is 0 Å². The predicted octanol–water partition coefficient (Wildman–Crippen LogP) is 1.87. The maximum atomic E-state index is 13.6. The third-order valence-electron chi connectivity index (χ3n) is 2.40. The highest BCUT2D eigenvalue weighted by atomic mass is 19.1. The first-order valence-electron chi connectivity index (χ1n) is 5.19. The summed E-state index contributed by atoms with van der Waals surface area (Å²) in [5, 5.41) is 0. The number of nitrogens with two attached hydrogens (primary N) is 1. The van der Waals surface area contributed by atoms with E-state index in [2.05, 4.69) is 4.98 Å². The van der Waals surface area contributed by atoms with Gasteiger partial charge in [-0.2, -0.15) is 0 Å². The third-order valence-corrected chi connectivity index (χ3v) is 2.40. The Labute approximate surface area is 98.2 Å². The van der Waals surface area contributed by atoms with Gasteiger partial charge < -0.3 is 14.9 Å². The Morgan fingerprint density at radius 1 is 1.47 bits per heavy atom. The van der Waals surface area contributed by atoms with Crippen LogP contribution in [0.4, 0.5) is 4.39 Å². The van der Waals surface area contributed by atoms with Crippen LogP contribution < -0.4 is 10.5 Å². The molecule has 0 radical (unpaired) electrons. The number of ether oxygens (including phenoxy) is 1. The van der Waals surface area contributed by atoms with Gasteiger partial charge >= 0.3 is 0 Å². The maximum absolute atomic E-state index is 13.6. The summed E-state index contributed by atoms with van der Waals surface area (Å²) in [6.07, 6.45) is 1.91. The van der Waals surface area contributed by atoms with Gasteiger partial charge in [-0.1, -0.05) is 6.07 Å². The monoisotopic (exact) mass is 236 g/mol. The summed E-state index contributed by atoms with van der Waals surface area (Å²) in [6, 6.07) is 4.72. The summed E-state index contributed by atoms with van der Waals surface area (Å²) >= 11 is 0. The second-order valence-corrected chi connectivity index (χ2v) is 3.56. The van der Waals surface area contributed by atoms with Gasteiger partial charge in [-0.3, -0.25) is 0 Å². The highest BCUT2D eigenvalue weighted by Crippen LogP contribution is 2.19. The molecule has 2 rings (SSSR count). The van der Waals surface area contributed by atoms with Gasteiger partial charge in [0.25, 0.3) is 0 Å². The van der Waals surface area contributed by atoms with Crippen LogP contribution in [0.1, 0.15) is 17.2 Å². The maximum Gasteiger partial charge on any atom is 0.208 e. The fourth-order valence-electron chi connectivity index (χ4n) is 1.51. The molecule has 0 fully saturated rings. The lowest BCUT2D eigenvalue weighted by molar-refractivity contribution is 0.410. The average molecular weight is 236 g/mol. The molecule has 1 aromatic heterocycles. The Hall–Kier alpha value is -1.88. The molecule has 17 heavy (non-hydrogen) atoms. The van der Waals surface area contributed by atoms with Crippen LogP contribution in [0, 0.1) is 5.82 Å². The molecule has 2 aromatic rings. The Kier molecular flexibility index (Phi) is 3.39. The molecule has 0 aliphatic rings. The predicted molar refractivity (Wildman–Crippen MR) is 60.2 cm³/mol. The lowest BCUT2D eigenvalue weighted by atomic mass is 10.1. The van der Waals surface area contributed by atoms with Crippen molar-refractivity contribution in [1.82, 2.24) is 4.98 Å². The molecule has 0 unspecified atom stereocenters. The molecule has 0 spiro atoms. The topological polar surface area (TPSA) is 61.3 Å². The van der Waals surface area contributed by atoms with Gasteiger partial charge in [0.1, 0.15) is 17.3 Å². The van der Waals surface area contributed by atoms with Crippen LogP contribution in [-0.2, 0) is 13.0 Å². The van der Waals surface area contributed by atoms with E-state index in [1.165, 1.54) is 13.2 Å². The normalized spacial score (nSPS) is 10.5. The summed E-state index contributed by atoms with van der Waals surface area (Å²) in [5.74, 6) is 1.21. The van der Waals surface area contributed by atoms with Gasteiger partial charge in [0.05, 0.1) is 19.9 Å². The number of methoxy groups -OCH3 is 1. The number of benzene rings is 1. The summed E-state index contributed by atoms with van der Waals surface area (Å²) in [7, 11) is 1.50. The minimum absolute atomic E-state index is 0.241. The fraction of sp³-hybridized carbons (Fsp3) is 0.250. The van der Waals surface area contributed by atoms with Crippen molar-refractivity contribution in [1.29, 1.82) is 0 Å². The summed E-state index contributed by atoms with van der Waals surface area (Å²) in [5.41, 5.74) is 5.91.